The predicted molar refractivity (Wildman–Crippen MR) is 101 cm³/mol. The number of anilines is 1. The number of hydrogen-bond donors (Lipinski definition) is 2. The number of amides is 2. The maximum Gasteiger partial charge on any atom is 0.249 e. The van der Waals surface area contributed by atoms with E-state index in [4.69, 9.17) is 11.6 Å². The van der Waals surface area contributed by atoms with Crippen LogP contribution in [0.3, 0.4) is 0 Å². The Hall–Kier alpha value is -0.950. The fourth-order valence-corrected chi connectivity index (χ4v) is 4.14. The van der Waals surface area contributed by atoms with E-state index in [0.29, 0.717) is 30.1 Å². The first-order chi connectivity index (χ1) is 11.1. The second-order valence-electron chi connectivity index (χ2n) is 5.78. The highest BCUT2D eigenvalue weighted by atomic mass is 35.5. The van der Waals surface area contributed by atoms with Gasteiger partial charge in [-0.2, -0.15) is 11.8 Å². The zero-order valence-electron chi connectivity index (χ0n) is 13.2. The molecular formula is C16H21Cl2N3O2S. The first-order valence-electron chi connectivity index (χ1n) is 7.81. The zero-order chi connectivity index (χ0) is 16.2. The van der Waals surface area contributed by atoms with Crippen molar-refractivity contribution in [3.8, 4) is 0 Å². The lowest BCUT2D eigenvalue weighted by atomic mass is 10.2. The molecule has 2 saturated heterocycles. The summed E-state index contributed by atoms with van der Waals surface area (Å²) in [6.07, 6.45) is 1.03. The van der Waals surface area contributed by atoms with Crippen molar-refractivity contribution in [1.82, 2.24) is 10.6 Å². The van der Waals surface area contributed by atoms with Gasteiger partial charge in [0.1, 0.15) is 6.04 Å². The van der Waals surface area contributed by atoms with Gasteiger partial charge in [0, 0.05) is 37.1 Å². The molecule has 2 aliphatic heterocycles. The molecule has 2 heterocycles. The van der Waals surface area contributed by atoms with Crippen LogP contribution in [0, 0.1) is 0 Å². The molecule has 132 valence electrons. The number of nitrogens with zero attached hydrogens (tertiary/aromatic N) is 1. The summed E-state index contributed by atoms with van der Waals surface area (Å²) in [5, 5.41) is 6.76. The molecule has 3 rings (SSSR count). The summed E-state index contributed by atoms with van der Waals surface area (Å²) in [4.78, 5) is 26.3. The standard InChI is InChI=1S/C16H20ClN3O2S.ClH/c17-12-3-1-2-4-14(12)20-7-5-13(16(20)22)19-15(21)9-11-10-23-8-6-18-11;/h1-4,11,13,18H,5-10H2,(H,19,21);1H. The molecule has 8 heteroatoms. The Kier molecular flexibility index (Phi) is 7.22. The van der Waals surface area contributed by atoms with Crippen LogP contribution in [0.1, 0.15) is 12.8 Å². The first kappa shape index (κ1) is 19.4. The topological polar surface area (TPSA) is 61.4 Å². The summed E-state index contributed by atoms with van der Waals surface area (Å²) in [7, 11) is 0. The van der Waals surface area contributed by atoms with Gasteiger partial charge in [0.25, 0.3) is 0 Å². The van der Waals surface area contributed by atoms with Crippen LogP contribution in [0.2, 0.25) is 5.02 Å². The highest BCUT2D eigenvalue weighted by Crippen LogP contribution is 2.29. The minimum Gasteiger partial charge on any atom is -0.344 e. The third kappa shape index (κ3) is 4.57. The molecule has 2 atom stereocenters. The quantitative estimate of drug-likeness (QED) is 0.827. The molecule has 0 aliphatic carbocycles. The molecule has 0 aromatic heterocycles. The van der Waals surface area contributed by atoms with E-state index >= 15 is 0 Å². The van der Waals surface area contributed by atoms with Gasteiger partial charge in [-0.1, -0.05) is 23.7 Å². The maximum absolute atomic E-state index is 12.5. The molecule has 0 saturated carbocycles. The van der Waals surface area contributed by atoms with E-state index in [0.717, 1.165) is 18.1 Å². The summed E-state index contributed by atoms with van der Waals surface area (Å²) in [5.74, 6) is 1.88. The van der Waals surface area contributed by atoms with Gasteiger partial charge in [0.05, 0.1) is 10.7 Å². The number of benzene rings is 1. The Morgan fingerprint density at radius 3 is 2.92 bits per heavy atom. The Labute approximate surface area is 157 Å². The minimum atomic E-state index is -0.449. The van der Waals surface area contributed by atoms with Crippen molar-refractivity contribution < 1.29 is 9.59 Å². The lowest BCUT2D eigenvalue weighted by molar-refractivity contribution is -0.126. The van der Waals surface area contributed by atoms with E-state index in [1.807, 2.05) is 30.0 Å². The molecule has 2 unspecified atom stereocenters. The molecule has 2 N–H and O–H groups in total. The average molecular weight is 390 g/mol. The highest BCUT2D eigenvalue weighted by Gasteiger charge is 2.34. The van der Waals surface area contributed by atoms with Crippen molar-refractivity contribution >= 4 is 53.3 Å². The number of nitrogens with one attached hydrogen (secondary N) is 2. The fourth-order valence-electron chi connectivity index (χ4n) is 2.95. The average Bonchev–Trinajstić information content (AvgIpc) is 2.90. The Balaban J connectivity index is 0.00000208. The van der Waals surface area contributed by atoms with Crippen LogP contribution in [0.15, 0.2) is 24.3 Å². The van der Waals surface area contributed by atoms with Gasteiger partial charge in [0.15, 0.2) is 0 Å². The van der Waals surface area contributed by atoms with Gasteiger partial charge >= 0.3 is 0 Å². The fraction of sp³-hybridized carbons (Fsp3) is 0.500. The molecule has 2 aliphatic rings. The van der Waals surface area contributed by atoms with Crippen LogP contribution in [0.5, 0.6) is 0 Å². The molecule has 2 amide bonds. The molecule has 2 fully saturated rings. The van der Waals surface area contributed by atoms with E-state index in [-0.39, 0.29) is 30.3 Å². The number of halogens is 2. The maximum atomic E-state index is 12.5. The van der Waals surface area contributed by atoms with Crippen molar-refractivity contribution in [2.45, 2.75) is 24.9 Å². The van der Waals surface area contributed by atoms with Gasteiger partial charge in [-0.25, -0.2) is 0 Å². The Morgan fingerprint density at radius 1 is 1.42 bits per heavy atom. The molecular weight excluding hydrogens is 369 g/mol. The molecule has 5 nitrogen and oxygen atoms in total. The molecule has 0 radical (unpaired) electrons. The summed E-state index contributed by atoms with van der Waals surface area (Å²) in [5.41, 5.74) is 0.710. The third-order valence-electron chi connectivity index (χ3n) is 4.11. The van der Waals surface area contributed by atoms with Crippen molar-refractivity contribution in [3.63, 3.8) is 0 Å². The van der Waals surface area contributed by atoms with Crippen LogP contribution in [0.25, 0.3) is 0 Å². The Morgan fingerprint density at radius 2 is 2.21 bits per heavy atom. The van der Waals surface area contributed by atoms with Crippen molar-refractivity contribution in [1.29, 1.82) is 0 Å². The van der Waals surface area contributed by atoms with Crippen LogP contribution in [0.4, 0.5) is 5.69 Å². The van der Waals surface area contributed by atoms with Crippen LogP contribution in [-0.4, -0.2) is 48.5 Å². The second kappa shape index (κ2) is 8.94. The number of rotatable bonds is 4. The van der Waals surface area contributed by atoms with Gasteiger partial charge in [-0.3, -0.25) is 9.59 Å². The van der Waals surface area contributed by atoms with Gasteiger partial charge in [0.2, 0.25) is 11.8 Å². The van der Waals surface area contributed by atoms with E-state index in [2.05, 4.69) is 10.6 Å². The largest absolute Gasteiger partial charge is 0.344 e. The number of carbonyl (C=O) groups is 2. The van der Waals surface area contributed by atoms with Gasteiger partial charge in [-0.15, -0.1) is 12.4 Å². The molecule has 0 spiro atoms. The summed E-state index contributed by atoms with van der Waals surface area (Å²) in [6, 6.07) is 7.03. The van der Waals surface area contributed by atoms with Crippen molar-refractivity contribution in [2.24, 2.45) is 0 Å². The second-order valence-corrected chi connectivity index (χ2v) is 7.34. The van der Waals surface area contributed by atoms with E-state index in [1.54, 1.807) is 11.0 Å². The molecule has 24 heavy (non-hydrogen) atoms. The van der Waals surface area contributed by atoms with Crippen LogP contribution >= 0.6 is 35.8 Å². The highest BCUT2D eigenvalue weighted by molar-refractivity contribution is 7.99. The molecule has 0 bridgehead atoms. The number of thioether (sulfide) groups is 1. The number of hydrogen-bond acceptors (Lipinski definition) is 4. The van der Waals surface area contributed by atoms with Crippen molar-refractivity contribution in [3.05, 3.63) is 29.3 Å². The van der Waals surface area contributed by atoms with Crippen molar-refractivity contribution in [2.75, 3.05) is 29.5 Å². The predicted octanol–water partition coefficient (Wildman–Crippen LogP) is 2.08. The van der Waals surface area contributed by atoms with E-state index in [9.17, 15) is 9.59 Å². The summed E-state index contributed by atoms with van der Waals surface area (Å²) >= 11 is 8.02. The monoisotopic (exact) mass is 389 g/mol. The lowest BCUT2D eigenvalue weighted by Crippen LogP contribution is -2.46. The van der Waals surface area contributed by atoms with Gasteiger partial charge < -0.3 is 15.5 Å². The molecule has 1 aromatic rings. The summed E-state index contributed by atoms with van der Waals surface area (Å²) in [6.45, 7) is 1.51. The normalized spacial score (nSPS) is 23.7. The number of carbonyl (C=O) groups excluding carboxylic acids is 2. The Bertz CT molecular complexity index is 596. The smallest absolute Gasteiger partial charge is 0.249 e. The zero-order valence-corrected chi connectivity index (χ0v) is 15.6. The van der Waals surface area contributed by atoms with Crippen LogP contribution < -0.4 is 15.5 Å². The SMILES string of the molecule is Cl.O=C(CC1CSCCN1)NC1CCN(c2ccccc2Cl)C1=O. The third-order valence-corrected chi connectivity index (χ3v) is 5.56. The first-order valence-corrected chi connectivity index (χ1v) is 9.35. The van der Waals surface area contributed by atoms with E-state index < -0.39 is 6.04 Å². The summed E-state index contributed by atoms with van der Waals surface area (Å²) < 4.78 is 0. The number of para-hydroxylation sites is 1. The molecule has 1 aromatic carbocycles. The van der Waals surface area contributed by atoms with E-state index in [1.165, 1.54) is 0 Å². The van der Waals surface area contributed by atoms with Gasteiger partial charge in [-0.05, 0) is 18.6 Å². The van der Waals surface area contributed by atoms with Crippen LogP contribution in [-0.2, 0) is 9.59 Å². The lowest BCUT2D eigenvalue weighted by Gasteiger charge is -2.23. The minimum absolute atomic E-state index is 0.